The highest BCUT2D eigenvalue weighted by Gasteiger charge is 2.02. The lowest BCUT2D eigenvalue weighted by molar-refractivity contribution is -0.122. The Labute approximate surface area is 98.0 Å². The molecule has 1 aromatic carbocycles. The lowest BCUT2D eigenvalue weighted by atomic mass is 10.2. The van der Waals surface area contributed by atoms with Crippen molar-refractivity contribution in [1.82, 2.24) is 0 Å². The lowest BCUT2D eigenvalue weighted by Crippen LogP contribution is -2.20. The van der Waals surface area contributed by atoms with Crippen LogP contribution in [0.3, 0.4) is 0 Å². The summed E-state index contributed by atoms with van der Waals surface area (Å²) in [5, 5.41) is 11.4. The molecule has 0 aliphatic carbocycles. The summed E-state index contributed by atoms with van der Waals surface area (Å²) < 4.78 is 18.1. The van der Waals surface area contributed by atoms with E-state index in [4.69, 9.17) is 15.7 Å². The molecule has 5 nitrogen and oxygen atoms in total. The van der Waals surface area contributed by atoms with E-state index in [-0.39, 0.29) is 18.8 Å². The van der Waals surface area contributed by atoms with Gasteiger partial charge in [-0.05, 0) is 18.2 Å². The fraction of sp³-hybridized carbons (Fsp3) is 0.273. The third kappa shape index (κ3) is 4.49. The van der Waals surface area contributed by atoms with Gasteiger partial charge in [-0.2, -0.15) is 5.26 Å². The number of nitrogens with two attached hydrogens (primary N) is 1. The molecule has 0 saturated carbocycles. The van der Waals surface area contributed by atoms with Gasteiger partial charge in [0.2, 0.25) is 5.91 Å². The molecule has 0 atom stereocenters. The summed E-state index contributed by atoms with van der Waals surface area (Å²) in [6, 6.07) is 5.95. The zero-order chi connectivity index (χ0) is 12.7. The highest BCUT2D eigenvalue weighted by molar-refractivity contribution is 5.74. The van der Waals surface area contributed by atoms with Crippen molar-refractivity contribution in [2.75, 3.05) is 25.1 Å². The number of primary amides is 1. The van der Waals surface area contributed by atoms with Crippen molar-refractivity contribution in [3.05, 3.63) is 29.6 Å². The van der Waals surface area contributed by atoms with E-state index in [0.717, 1.165) is 0 Å². The summed E-state index contributed by atoms with van der Waals surface area (Å²) in [7, 11) is 0. The molecule has 0 heterocycles. The van der Waals surface area contributed by atoms with Crippen LogP contribution in [0.25, 0.3) is 0 Å². The van der Waals surface area contributed by atoms with Crippen LogP contribution in [0.1, 0.15) is 5.56 Å². The first kappa shape index (κ1) is 12.9. The zero-order valence-electron chi connectivity index (χ0n) is 9.07. The number of rotatable bonds is 6. The molecule has 0 fully saturated rings. The van der Waals surface area contributed by atoms with Crippen LogP contribution in [0.2, 0.25) is 0 Å². The number of halogens is 1. The number of anilines is 1. The maximum Gasteiger partial charge on any atom is 0.243 e. The molecule has 0 radical (unpaired) electrons. The minimum Gasteiger partial charge on any atom is -0.383 e. The van der Waals surface area contributed by atoms with Crippen LogP contribution >= 0.6 is 0 Å². The van der Waals surface area contributed by atoms with Crippen molar-refractivity contribution in [2.45, 2.75) is 0 Å². The highest BCUT2D eigenvalue weighted by Crippen LogP contribution is 2.13. The molecule has 0 aliphatic rings. The number of carbonyl (C=O) groups excluding carboxylic acids is 1. The van der Waals surface area contributed by atoms with Crippen molar-refractivity contribution in [3.8, 4) is 6.07 Å². The highest BCUT2D eigenvalue weighted by atomic mass is 19.1. The minimum atomic E-state index is -0.574. The molecule has 1 aromatic rings. The van der Waals surface area contributed by atoms with E-state index in [0.29, 0.717) is 12.2 Å². The summed E-state index contributed by atoms with van der Waals surface area (Å²) >= 11 is 0. The second kappa shape index (κ2) is 6.45. The molecule has 0 aliphatic heterocycles. The average molecular weight is 237 g/mol. The van der Waals surface area contributed by atoms with E-state index in [1.165, 1.54) is 12.1 Å². The maximum absolute atomic E-state index is 13.2. The molecular weight excluding hydrogens is 225 g/mol. The molecule has 1 amide bonds. The molecule has 0 bridgehead atoms. The molecule has 90 valence electrons. The Morgan fingerprint density at radius 2 is 2.35 bits per heavy atom. The van der Waals surface area contributed by atoms with Gasteiger partial charge in [-0.25, -0.2) is 4.39 Å². The normalized spacial score (nSPS) is 9.65. The van der Waals surface area contributed by atoms with E-state index in [2.05, 4.69) is 5.32 Å². The number of benzene rings is 1. The number of nitriles is 1. The summed E-state index contributed by atoms with van der Waals surface area (Å²) in [5.41, 5.74) is 5.42. The van der Waals surface area contributed by atoms with Gasteiger partial charge in [-0.1, -0.05) is 0 Å². The molecule has 3 N–H and O–H groups in total. The number of hydrogen-bond donors (Lipinski definition) is 2. The van der Waals surface area contributed by atoms with Crippen molar-refractivity contribution in [3.63, 3.8) is 0 Å². The Balaban J connectivity index is 2.35. The van der Waals surface area contributed by atoms with Crippen LogP contribution in [-0.2, 0) is 9.53 Å². The Bertz CT molecular complexity index is 443. The van der Waals surface area contributed by atoms with Crippen LogP contribution in [0.15, 0.2) is 18.2 Å². The summed E-state index contributed by atoms with van der Waals surface area (Å²) in [5.74, 6) is -1.11. The first-order chi connectivity index (χ1) is 8.13. The topological polar surface area (TPSA) is 88.1 Å². The Morgan fingerprint density at radius 3 is 2.94 bits per heavy atom. The smallest absolute Gasteiger partial charge is 0.243 e. The Kier molecular flexibility index (Phi) is 4.91. The predicted molar refractivity (Wildman–Crippen MR) is 59.6 cm³/mol. The van der Waals surface area contributed by atoms with Crippen LogP contribution < -0.4 is 11.1 Å². The second-order valence-electron chi connectivity index (χ2n) is 3.25. The van der Waals surface area contributed by atoms with Gasteiger partial charge in [0, 0.05) is 12.2 Å². The van der Waals surface area contributed by atoms with Gasteiger partial charge in [-0.3, -0.25) is 4.79 Å². The molecule has 0 saturated heterocycles. The zero-order valence-corrected chi connectivity index (χ0v) is 9.07. The van der Waals surface area contributed by atoms with E-state index in [1.54, 1.807) is 12.1 Å². The molecular formula is C11H12FN3O2. The van der Waals surface area contributed by atoms with Gasteiger partial charge < -0.3 is 15.8 Å². The SMILES string of the molecule is N#Cc1ccc(NCCOCC(N)=O)cc1F. The average Bonchev–Trinajstić information content (AvgIpc) is 2.28. The van der Waals surface area contributed by atoms with Crippen molar-refractivity contribution in [2.24, 2.45) is 5.73 Å². The van der Waals surface area contributed by atoms with Crippen molar-refractivity contribution < 1.29 is 13.9 Å². The molecule has 1 rings (SSSR count). The largest absolute Gasteiger partial charge is 0.383 e. The number of hydrogen-bond acceptors (Lipinski definition) is 4. The van der Waals surface area contributed by atoms with Crippen molar-refractivity contribution in [1.29, 1.82) is 5.26 Å². The van der Waals surface area contributed by atoms with Gasteiger partial charge in [0.25, 0.3) is 0 Å². The van der Waals surface area contributed by atoms with Crippen LogP contribution in [0.5, 0.6) is 0 Å². The third-order valence-corrected chi connectivity index (χ3v) is 1.91. The fourth-order valence-corrected chi connectivity index (χ4v) is 1.16. The van der Waals surface area contributed by atoms with Gasteiger partial charge in [0.15, 0.2) is 0 Å². The fourth-order valence-electron chi connectivity index (χ4n) is 1.16. The third-order valence-electron chi connectivity index (χ3n) is 1.91. The van der Waals surface area contributed by atoms with Crippen LogP contribution in [0.4, 0.5) is 10.1 Å². The summed E-state index contributed by atoms with van der Waals surface area (Å²) in [6.07, 6.45) is 0. The molecule has 0 spiro atoms. The first-order valence-electron chi connectivity index (χ1n) is 4.93. The number of nitrogens with one attached hydrogen (secondary N) is 1. The number of ether oxygens (including phenoxy) is 1. The predicted octanol–water partition coefficient (Wildman–Crippen LogP) is 0.611. The first-order valence-corrected chi connectivity index (χ1v) is 4.93. The Hall–Kier alpha value is -2.13. The van der Waals surface area contributed by atoms with E-state index in [9.17, 15) is 9.18 Å². The minimum absolute atomic E-state index is 0.000489. The van der Waals surface area contributed by atoms with Gasteiger partial charge in [0.1, 0.15) is 18.5 Å². The summed E-state index contributed by atoms with van der Waals surface area (Å²) in [4.78, 5) is 10.3. The molecule has 0 aromatic heterocycles. The quantitative estimate of drug-likeness (QED) is 0.709. The Morgan fingerprint density at radius 1 is 1.59 bits per heavy atom. The monoisotopic (exact) mass is 237 g/mol. The lowest BCUT2D eigenvalue weighted by Gasteiger charge is -2.06. The summed E-state index contributed by atoms with van der Waals surface area (Å²) in [6.45, 7) is 0.562. The van der Waals surface area contributed by atoms with E-state index < -0.39 is 11.7 Å². The second-order valence-corrected chi connectivity index (χ2v) is 3.25. The van der Waals surface area contributed by atoms with Crippen LogP contribution in [-0.4, -0.2) is 25.7 Å². The maximum atomic E-state index is 13.2. The van der Waals surface area contributed by atoms with Gasteiger partial charge in [0.05, 0.1) is 12.2 Å². The molecule has 17 heavy (non-hydrogen) atoms. The standard InChI is InChI=1S/C11H12FN3O2/c12-10-5-9(2-1-8(10)6-13)15-3-4-17-7-11(14)16/h1-2,5,15H,3-4,7H2,(H2,14,16). The number of nitrogens with zero attached hydrogens (tertiary/aromatic N) is 1. The number of carbonyl (C=O) groups is 1. The van der Waals surface area contributed by atoms with E-state index >= 15 is 0 Å². The molecule has 0 unspecified atom stereocenters. The van der Waals surface area contributed by atoms with E-state index in [1.807, 2.05) is 0 Å². The van der Waals surface area contributed by atoms with Crippen LogP contribution in [0, 0.1) is 17.1 Å². The van der Waals surface area contributed by atoms with Gasteiger partial charge >= 0.3 is 0 Å². The van der Waals surface area contributed by atoms with Crippen molar-refractivity contribution >= 4 is 11.6 Å². The number of amides is 1. The molecule has 6 heteroatoms. The van der Waals surface area contributed by atoms with Gasteiger partial charge in [-0.15, -0.1) is 0 Å².